The number of benzene rings is 7. The number of para-hydroxylation sites is 2. The highest BCUT2D eigenvalue weighted by molar-refractivity contribution is 6.11. The average molecular weight is 773 g/mol. The molecule has 4 heterocycles. The molecule has 0 aliphatic carbocycles. The van der Waals surface area contributed by atoms with Crippen molar-refractivity contribution in [3.05, 3.63) is 200 Å². The van der Waals surface area contributed by atoms with Gasteiger partial charge in [-0.3, -0.25) is 4.98 Å². The minimum absolute atomic E-state index is 0.188. The van der Waals surface area contributed by atoms with Gasteiger partial charge in [0.05, 0.1) is 17.1 Å². The Kier molecular flexibility index (Phi) is 8.45. The molecule has 0 bridgehead atoms. The molecule has 0 spiro atoms. The Bertz CT molecular complexity index is 3400. The van der Waals surface area contributed by atoms with Gasteiger partial charge in [0, 0.05) is 60.6 Å². The van der Waals surface area contributed by atoms with Crippen LogP contribution in [0.3, 0.4) is 0 Å². The van der Waals surface area contributed by atoms with E-state index in [2.05, 4.69) is 133 Å². The molecule has 60 heavy (non-hydrogen) atoms. The van der Waals surface area contributed by atoms with Crippen LogP contribution in [0.2, 0.25) is 0 Å². The van der Waals surface area contributed by atoms with Crippen LogP contribution in [0, 0.1) is 6.92 Å². The van der Waals surface area contributed by atoms with Crippen LogP contribution < -0.4 is 0 Å². The molecular formula is C55H36N2O3. The molecule has 0 unspecified atom stereocenters. The van der Waals surface area contributed by atoms with Crippen molar-refractivity contribution in [2.24, 2.45) is 0 Å². The molecule has 0 amide bonds. The summed E-state index contributed by atoms with van der Waals surface area (Å²) in [5.74, 6) is 1.76. The predicted molar refractivity (Wildman–Crippen MR) is 244 cm³/mol. The van der Waals surface area contributed by atoms with Crippen LogP contribution in [0.25, 0.3) is 111 Å². The molecule has 1 N–H and O–H groups in total. The second kappa shape index (κ2) is 14.4. The lowest BCUT2D eigenvalue weighted by Crippen LogP contribution is -1.93. The second-order valence-corrected chi connectivity index (χ2v) is 15.1. The van der Waals surface area contributed by atoms with Crippen LogP contribution in [0.15, 0.2) is 203 Å². The number of aromatic nitrogens is 2. The summed E-state index contributed by atoms with van der Waals surface area (Å²) in [6.07, 6.45) is 0. The molecule has 11 rings (SSSR count). The highest BCUT2D eigenvalue weighted by Crippen LogP contribution is 2.43. The topological polar surface area (TPSA) is 72.3 Å². The summed E-state index contributed by atoms with van der Waals surface area (Å²) < 4.78 is 13.5. The van der Waals surface area contributed by atoms with E-state index in [1.165, 1.54) is 0 Å². The molecule has 0 aliphatic rings. The summed E-state index contributed by atoms with van der Waals surface area (Å²) in [5, 5.41) is 15.0. The third-order valence-electron chi connectivity index (χ3n) is 11.2. The van der Waals surface area contributed by atoms with Crippen molar-refractivity contribution >= 4 is 32.7 Å². The van der Waals surface area contributed by atoms with E-state index < -0.39 is 0 Å². The zero-order valence-electron chi connectivity index (χ0n) is 32.6. The van der Waals surface area contributed by atoms with E-state index in [0.29, 0.717) is 11.3 Å². The third-order valence-corrected chi connectivity index (χ3v) is 11.2. The maximum Gasteiger partial charge on any atom is 0.143 e. The van der Waals surface area contributed by atoms with Crippen LogP contribution in [0.4, 0.5) is 0 Å². The number of fused-ring (bicyclic) bond motifs is 4. The predicted octanol–water partition coefficient (Wildman–Crippen LogP) is 14.8. The average Bonchev–Trinajstić information content (AvgIpc) is 3.88. The molecule has 0 saturated heterocycles. The quantitative estimate of drug-likeness (QED) is 0.175. The molecule has 0 fully saturated rings. The summed E-state index contributed by atoms with van der Waals surface area (Å²) in [4.78, 5) is 10.1. The molecule has 4 aromatic heterocycles. The number of rotatable bonds is 7. The number of phenols is 1. The van der Waals surface area contributed by atoms with Crippen molar-refractivity contribution < 1.29 is 13.9 Å². The molecular weight excluding hydrogens is 737 g/mol. The van der Waals surface area contributed by atoms with Gasteiger partial charge in [0.2, 0.25) is 0 Å². The summed E-state index contributed by atoms with van der Waals surface area (Å²) in [6.45, 7) is 2.02. The number of furan rings is 2. The van der Waals surface area contributed by atoms with Crippen LogP contribution in [-0.4, -0.2) is 15.1 Å². The first kappa shape index (κ1) is 35.2. The first-order chi connectivity index (χ1) is 29.5. The van der Waals surface area contributed by atoms with E-state index in [4.69, 9.17) is 18.8 Å². The van der Waals surface area contributed by atoms with Crippen molar-refractivity contribution in [1.82, 2.24) is 9.97 Å². The number of phenolic OH excluding ortho intramolecular Hbond substituents is 1. The zero-order chi connectivity index (χ0) is 40.2. The molecule has 11 aromatic rings. The lowest BCUT2D eigenvalue weighted by Gasteiger charge is -2.12. The summed E-state index contributed by atoms with van der Waals surface area (Å²) in [5.41, 5.74) is 13.6. The molecule has 7 aromatic carbocycles. The van der Waals surface area contributed by atoms with Gasteiger partial charge >= 0.3 is 0 Å². The fourth-order valence-electron chi connectivity index (χ4n) is 8.39. The van der Waals surface area contributed by atoms with Crippen LogP contribution in [0.5, 0.6) is 5.75 Å². The largest absolute Gasteiger partial charge is 0.507 e. The fourth-order valence-corrected chi connectivity index (χ4v) is 8.39. The van der Waals surface area contributed by atoms with E-state index in [9.17, 15) is 5.11 Å². The van der Waals surface area contributed by atoms with E-state index in [1.807, 2.05) is 61.5 Å². The van der Waals surface area contributed by atoms with Gasteiger partial charge in [-0.1, -0.05) is 140 Å². The zero-order valence-corrected chi connectivity index (χ0v) is 32.6. The highest BCUT2D eigenvalue weighted by atomic mass is 16.3. The van der Waals surface area contributed by atoms with Gasteiger partial charge in [0.25, 0.3) is 0 Å². The van der Waals surface area contributed by atoms with Gasteiger partial charge in [-0.25, -0.2) is 4.98 Å². The Balaban J connectivity index is 0.997. The summed E-state index contributed by atoms with van der Waals surface area (Å²) in [7, 11) is 0. The lowest BCUT2D eigenvalue weighted by molar-refractivity contribution is 0.477. The van der Waals surface area contributed by atoms with Gasteiger partial charge in [0.15, 0.2) is 0 Å². The van der Waals surface area contributed by atoms with Gasteiger partial charge in [-0.15, -0.1) is 0 Å². The van der Waals surface area contributed by atoms with Crippen molar-refractivity contribution in [1.29, 1.82) is 0 Å². The highest BCUT2D eigenvalue weighted by Gasteiger charge is 2.20. The number of aromatic hydroxyl groups is 1. The first-order valence-electron chi connectivity index (χ1n) is 20.0. The maximum absolute atomic E-state index is 10.8. The van der Waals surface area contributed by atoms with E-state index in [0.717, 1.165) is 106 Å². The molecule has 5 nitrogen and oxygen atoms in total. The maximum atomic E-state index is 10.8. The molecule has 0 radical (unpaired) electrons. The van der Waals surface area contributed by atoms with Crippen molar-refractivity contribution in [3.8, 4) is 84.4 Å². The molecule has 0 saturated carbocycles. The van der Waals surface area contributed by atoms with Crippen molar-refractivity contribution in [2.45, 2.75) is 6.92 Å². The monoisotopic (exact) mass is 772 g/mol. The Morgan fingerprint density at radius 3 is 1.72 bits per heavy atom. The Morgan fingerprint density at radius 2 is 0.950 bits per heavy atom. The number of nitrogens with zero attached hydrogens (tertiary/aromatic N) is 2. The normalized spacial score (nSPS) is 11.5. The van der Waals surface area contributed by atoms with E-state index in [1.54, 1.807) is 6.07 Å². The molecule has 0 aliphatic heterocycles. The fraction of sp³-hybridized carbons (Fsp3) is 0.0182. The Hall–Kier alpha value is -8.02. The standard InChI is InChI=1S/C55H36N2O3/c1-34-28-41(32-48(56-34)37-18-12-19-38(29-37)49-30-40(35-14-4-2-5-15-35)31-50(57-49)47-22-10-11-25-51(47)58)54-46-21-9-8-20-45(46)53(60-54)39-26-27-43-44-24-13-23-42(36-16-6-3-7-17-36)55(44)59-52(43)33-39/h2-33,58H,1H3. The number of pyridine rings is 2. The van der Waals surface area contributed by atoms with Crippen molar-refractivity contribution in [2.75, 3.05) is 0 Å². The van der Waals surface area contributed by atoms with Crippen LogP contribution in [0.1, 0.15) is 5.69 Å². The minimum atomic E-state index is 0.188. The SMILES string of the molecule is Cc1cc(-c2oc(-c3ccc4c(c3)oc3c(-c5ccccc5)cccc34)c3ccccc23)cc(-c2cccc(-c3cc(-c4ccccc4)cc(-c4ccccc4O)n3)c2)n1. The minimum Gasteiger partial charge on any atom is -0.507 e. The molecule has 5 heteroatoms. The summed E-state index contributed by atoms with van der Waals surface area (Å²) >= 11 is 0. The van der Waals surface area contributed by atoms with E-state index in [-0.39, 0.29) is 5.75 Å². The number of hydrogen-bond acceptors (Lipinski definition) is 5. The van der Waals surface area contributed by atoms with Gasteiger partial charge in [-0.05, 0) is 78.2 Å². The third kappa shape index (κ3) is 6.21. The number of hydrogen-bond donors (Lipinski definition) is 1. The van der Waals surface area contributed by atoms with Gasteiger partial charge in [0.1, 0.15) is 28.4 Å². The van der Waals surface area contributed by atoms with Gasteiger partial charge < -0.3 is 13.9 Å². The number of aryl methyl sites for hydroxylation is 1. The molecule has 0 atom stereocenters. The Morgan fingerprint density at radius 1 is 0.367 bits per heavy atom. The van der Waals surface area contributed by atoms with Crippen molar-refractivity contribution in [3.63, 3.8) is 0 Å². The van der Waals surface area contributed by atoms with Gasteiger partial charge in [-0.2, -0.15) is 0 Å². The second-order valence-electron chi connectivity index (χ2n) is 15.1. The first-order valence-corrected chi connectivity index (χ1v) is 20.0. The van der Waals surface area contributed by atoms with E-state index >= 15 is 0 Å². The molecule has 284 valence electrons. The smallest absolute Gasteiger partial charge is 0.143 e. The van der Waals surface area contributed by atoms with Crippen LogP contribution >= 0.6 is 0 Å². The Labute approximate surface area is 346 Å². The summed E-state index contributed by atoms with van der Waals surface area (Å²) in [6, 6.07) is 65.6. The van der Waals surface area contributed by atoms with Crippen LogP contribution in [-0.2, 0) is 0 Å². The lowest BCUT2D eigenvalue weighted by atomic mass is 9.98.